The van der Waals surface area contributed by atoms with Crippen molar-refractivity contribution in [3.8, 4) is 0 Å². The van der Waals surface area contributed by atoms with Gasteiger partial charge in [0.2, 0.25) is 5.91 Å². The number of carbonyl (C=O) groups is 3. The maximum Gasteiger partial charge on any atom is 0.328 e. The third kappa shape index (κ3) is 9.12. The first-order valence-corrected chi connectivity index (χ1v) is 16.7. The summed E-state index contributed by atoms with van der Waals surface area (Å²) in [5.41, 5.74) is 1.31. The van der Waals surface area contributed by atoms with Gasteiger partial charge in [0.05, 0.1) is 15.5 Å². The van der Waals surface area contributed by atoms with Gasteiger partial charge in [0.15, 0.2) is 0 Å². The quantitative estimate of drug-likeness (QED) is 0.160. The Hall–Kier alpha value is -2.75. The first kappa shape index (κ1) is 31.2. The second-order valence-electron chi connectivity index (χ2n) is 10.7. The molecule has 2 aromatic heterocycles. The van der Waals surface area contributed by atoms with Crippen molar-refractivity contribution >= 4 is 49.9 Å². The molecule has 1 saturated heterocycles. The number of hydrogen-bond donors (Lipinski definition) is 1. The first-order chi connectivity index (χ1) is 20.0. The highest BCUT2D eigenvalue weighted by Gasteiger charge is 2.29. The number of ether oxygens (including phenoxy) is 1. The second-order valence-corrected chi connectivity index (χ2v) is 13.0. The molecule has 0 bridgehead atoms. The maximum absolute atomic E-state index is 13.4. The molecule has 2 amide bonds. The van der Waals surface area contributed by atoms with Gasteiger partial charge < -0.3 is 15.0 Å². The van der Waals surface area contributed by atoms with E-state index in [9.17, 15) is 14.4 Å². The number of benzene rings is 1. The molecule has 0 aliphatic carbocycles. The molecule has 1 unspecified atom stereocenters. The van der Waals surface area contributed by atoms with Crippen LogP contribution >= 0.6 is 22.7 Å². The van der Waals surface area contributed by atoms with Gasteiger partial charge in [0, 0.05) is 44.0 Å². The zero-order valence-electron chi connectivity index (χ0n) is 24.3. The Kier molecular flexibility index (Phi) is 12.2. The van der Waals surface area contributed by atoms with Crippen LogP contribution in [-0.4, -0.2) is 65.9 Å². The van der Waals surface area contributed by atoms with Crippen molar-refractivity contribution in [2.24, 2.45) is 0 Å². The molecule has 7 nitrogen and oxygen atoms in total. The molecule has 0 spiro atoms. The normalized spacial score (nSPS) is 15.1. The Bertz CT molecular complexity index is 1220. The number of nitrogens with one attached hydrogen (secondary N) is 1. The lowest BCUT2D eigenvalue weighted by Crippen LogP contribution is -2.48. The summed E-state index contributed by atoms with van der Waals surface area (Å²) >= 11 is 3.02. The van der Waals surface area contributed by atoms with Crippen LogP contribution in [0, 0.1) is 0 Å². The Morgan fingerprint density at radius 2 is 1.85 bits per heavy atom. The molecule has 0 saturated carbocycles. The van der Waals surface area contributed by atoms with Crippen molar-refractivity contribution in [1.29, 1.82) is 0 Å². The summed E-state index contributed by atoms with van der Waals surface area (Å²) in [6.45, 7) is 7.94. The van der Waals surface area contributed by atoms with E-state index >= 15 is 0 Å². The minimum Gasteiger partial charge on any atom is -0.464 e. The van der Waals surface area contributed by atoms with E-state index in [0.29, 0.717) is 18.0 Å². The first-order valence-electron chi connectivity index (χ1n) is 15.0. The van der Waals surface area contributed by atoms with Crippen LogP contribution < -0.4 is 5.32 Å². The van der Waals surface area contributed by atoms with E-state index in [0.717, 1.165) is 67.6 Å². The molecule has 1 aliphatic heterocycles. The Morgan fingerprint density at radius 3 is 2.56 bits per heavy atom. The van der Waals surface area contributed by atoms with E-state index in [4.69, 9.17) is 4.74 Å². The number of fused-ring (bicyclic) bond motifs is 1. The number of likely N-dealkylation sites (tertiary alicyclic amines) is 1. The number of esters is 1. The molecule has 222 valence electrons. The van der Waals surface area contributed by atoms with Crippen LogP contribution in [0.2, 0.25) is 0 Å². The van der Waals surface area contributed by atoms with Crippen LogP contribution in [0.15, 0.2) is 47.8 Å². The predicted octanol–water partition coefficient (Wildman–Crippen LogP) is 6.48. The fourth-order valence-electron chi connectivity index (χ4n) is 5.44. The molecule has 1 N–H and O–H groups in total. The van der Waals surface area contributed by atoms with Crippen LogP contribution in [0.1, 0.15) is 80.4 Å². The van der Waals surface area contributed by atoms with E-state index in [1.54, 1.807) is 11.3 Å². The summed E-state index contributed by atoms with van der Waals surface area (Å²) < 4.78 is 6.63. The summed E-state index contributed by atoms with van der Waals surface area (Å²) in [5, 5.41) is 5.91. The molecule has 4 rings (SSSR count). The highest BCUT2D eigenvalue weighted by molar-refractivity contribution is 7.38. The van der Waals surface area contributed by atoms with Crippen molar-refractivity contribution in [1.82, 2.24) is 15.1 Å². The van der Waals surface area contributed by atoms with Gasteiger partial charge in [-0.3, -0.25) is 14.5 Å². The summed E-state index contributed by atoms with van der Waals surface area (Å²) in [4.78, 5) is 44.5. The molecule has 3 aromatic rings. The van der Waals surface area contributed by atoms with Crippen LogP contribution in [-0.2, 0) is 20.9 Å². The Labute approximate surface area is 251 Å². The number of carbonyl (C=O) groups excluding carboxylic acids is 3. The Morgan fingerprint density at radius 1 is 1.07 bits per heavy atom. The van der Waals surface area contributed by atoms with Gasteiger partial charge in [-0.2, -0.15) is 0 Å². The number of nitrogens with zero attached hydrogens (tertiary/aromatic N) is 2. The molecule has 1 fully saturated rings. The monoisotopic (exact) mass is 597 g/mol. The molecule has 1 aromatic carbocycles. The van der Waals surface area contributed by atoms with Gasteiger partial charge in [0.25, 0.3) is 5.91 Å². The van der Waals surface area contributed by atoms with Crippen LogP contribution in [0.25, 0.3) is 9.40 Å². The van der Waals surface area contributed by atoms with Crippen molar-refractivity contribution in [2.45, 2.75) is 83.8 Å². The summed E-state index contributed by atoms with van der Waals surface area (Å²) in [6, 6.07) is 13.7. The van der Waals surface area contributed by atoms with Crippen LogP contribution in [0.4, 0.5) is 0 Å². The number of hydrogen-bond acceptors (Lipinski definition) is 7. The van der Waals surface area contributed by atoms with Crippen molar-refractivity contribution in [2.75, 3.05) is 26.2 Å². The molecular formula is C32H43N3O4S2. The third-order valence-corrected chi connectivity index (χ3v) is 9.96. The highest BCUT2D eigenvalue weighted by Crippen LogP contribution is 2.30. The second kappa shape index (κ2) is 16.0. The molecule has 41 heavy (non-hydrogen) atoms. The fraction of sp³-hybridized carbons (Fsp3) is 0.531. The number of amides is 2. The van der Waals surface area contributed by atoms with Crippen LogP contribution in [0.5, 0.6) is 0 Å². The van der Waals surface area contributed by atoms with Crippen molar-refractivity contribution in [3.63, 3.8) is 0 Å². The molecule has 1 aliphatic rings. The van der Waals surface area contributed by atoms with Crippen molar-refractivity contribution in [3.05, 3.63) is 58.3 Å². The SMILES string of the molecule is CCCCCCOC(=O)C(CCC(=O)N(CC)C1CCN(Cc2ccccc2)CC1)NC(=O)c1cc2ccsc2s1. The van der Waals surface area contributed by atoms with Crippen LogP contribution in [0.3, 0.4) is 0 Å². The standard InChI is InChI=1S/C32H43N3O4S2/c1-3-5-6-10-20-39-31(38)27(33-30(37)28-22-25-17-21-40-32(25)41-28)13-14-29(36)35(4-2)26-15-18-34(19-16-26)23-24-11-8-7-9-12-24/h7-9,11-12,17,21-22,26-27H,3-6,10,13-16,18-20,23H2,1-2H3,(H,33,37). The molecule has 3 heterocycles. The van der Waals surface area contributed by atoms with E-state index in [2.05, 4.69) is 41.4 Å². The molecule has 1 atom stereocenters. The third-order valence-electron chi connectivity index (χ3n) is 7.76. The minimum atomic E-state index is -0.857. The largest absolute Gasteiger partial charge is 0.464 e. The number of piperidine rings is 1. The van der Waals surface area contributed by atoms with Crippen molar-refractivity contribution < 1.29 is 19.1 Å². The summed E-state index contributed by atoms with van der Waals surface area (Å²) in [5.74, 6) is -0.726. The van der Waals surface area contributed by atoms with E-state index < -0.39 is 12.0 Å². The lowest BCUT2D eigenvalue weighted by atomic mass is 10.0. The zero-order chi connectivity index (χ0) is 29.0. The van der Waals surface area contributed by atoms with Gasteiger partial charge in [0.1, 0.15) is 6.04 Å². The average molecular weight is 598 g/mol. The van der Waals surface area contributed by atoms with Gasteiger partial charge in [-0.25, -0.2) is 4.79 Å². The lowest BCUT2D eigenvalue weighted by molar-refractivity contribution is -0.146. The fourth-order valence-corrected chi connectivity index (χ4v) is 7.45. The molecule has 9 heteroatoms. The lowest BCUT2D eigenvalue weighted by Gasteiger charge is -2.38. The minimum absolute atomic E-state index is 0.0284. The molecule has 0 radical (unpaired) electrons. The number of unbranched alkanes of at least 4 members (excludes halogenated alkanes) is 3. The number of thiophene rings is 2. The van der Waals surface area contributed by atoms with Gasteiger partial charge >= 0.3 is 5.97 Å². The number of rotatable bonds is 15. The topological polar surface area (TPSA) is 79.0 Å². The van der Waals surface area contributed by atoms with E-state index in [1.807, 2.05) is 35.4 Å². The van der Waals surface area contributed by atoms with E-state index in [1.165, 1.54) is 16.9 Å². The smallest absolute Gasteiger partial charge is 0.328 e. The maximum atomic E-state index is 13.4. The van der Waals surface area contributed by atoms with Gasteiger partial charge in [-0.05, 0) is 55.7 Å². The summed E-state index contributed by atoms with van der Waals surface area (Å²) in [6.07, 6.45) is 6.28. The highest BCUT2D eigenvalue weighted by atomic mass is 32.2. The zero-order valence-corrected chi connectivity index (χ0v) is 25.9. The van der Waals surface area contributed by atoms with Gasteiger partial charge in [-0.1, -0.05) is 56.5 Å². The van der Waals surface area contributed by atoms with E-state index in [-0.39, 0.29) is 30.7 Å². The van der Waals surface area contributed by atoms with Gasteiger partial charge in [-0.15, -0.1) is 22.7 Å². The Balaban J connectivity index is 1.32. The molecular weight excluding hydrogens is 555 g/mol. The predicted molar refractivity (Wildman–Crippen MR) is 167 cm³/mol. The summed E-state index contributed by atoms with van der Waals surface area (Å²) in [7, 11) is 0. The average Bonchev–Trinajstić information content (AvgIpc) is 3.60.